The topological polar surface area (TPSA) is 66.8 Å². The lowest BCUT2D eigenvalue weighted by atomic mass is 9.80. The summed E-state index contributed by atoms with van der Waals surface area (Å²) in [6.07, 6.45) is 0.510. The molecule has 0 heterocycles. The van der Waals surface area contributed by atoms with E-state index in [-0.39, 0.29) is 29.0 Å². The van der Waals surface area contributed by atoms with Gasteiger partial charge < -0.3 is 14.2 Å². The standard InChI is InChI=1S/C21H29NO4S.ClH/c1-6-21(23,17(3)15-22(4)5)18-8-7-9-19(14-18)26-27(24,25)20-12-10-16(2)11-13-20;/h7-14,17,23H,6,15H2,1-5H3;1H. The molecule has 5 nitrogen and oxygen atoms in total. The van der Waals surface area contributed by atoms with E-state index in [4.69, 9.17) is 4.18 Å². The van der Waals surface area contributed by atoms with E-state index in [9.17, 15) is 13.5 Å². The summed E-state index contributed by atoms with van der Waals surface area (Å²) < 4.78 is 30.4. The summed E-state index contributed by atoms with van der Waals surface area (Å²) in [5, 5.41) is 11.2. The molecule has 2 atom stereocenters. The summed E-state index contributed by atoms with van der Waals surface area (Å²) >= 11 is 0. The Labute approximate surface area is 174 Å². The summed E-state index contributed by atoms with van der Waals surface area (Å²) in [6, 6.07) is 13.2. The number of nitrogens with zero attached hydrogens (tertiary/aromatic N) is 1. The van der Waals surface area contributed by atoms with Crippen LogP contribution in [0.5, 0.6) is 5.75 Å². The predicted octanol–water partition coefficient (Wildman–Crippen LogP) is 3.98. The molecule has 2 aromatic carbocycles. The fourth-order valence-electron chi connectivity index (χ4n) is 3.23. The zero-order valence-corrected chi connectivity index (χ0v) is 18.7. The second-order valence-corrected chi connectivity index (χ2v) is 8.87. The number of hydrogen-bond acceptors (Lipinski definition) is 5. The van der Waals surface area contributed by atoms with Gasteiger partial charge in [-0.15, -0.1) is 12.4 Å². The van der Waals surface area contributed by atoms with Crippen LogP contribution in [0, 0.1) is 12.8 Å². The van der Waals surface area contributed by atoms with Crippen molar-refractivity contribution in [1.29, 1.82) is 0 Å². The SMILES string of the molecule is CCC(O)(c1cccc(OS(=O)(=O)c2ccc(C)cc2)c1)C(C)CN(C)C.Cl. The fraction of sp³-hybridized carbons (Fsp3) is 0.429. The lowest BCUT2D eigenvalue weighted by Crippen LogP contribution is -2.38. The highest BCUT2D eigenvalue weighted by Gasteiger charge is 2.34. The van der Waals surface area contributed by atoms with E-state index < -0.39 is 15.7 Å². The van der Waals surface area contributed by atoms with Gasteiger partial charge >= 0.3 is 10.1 Å². The van der Waals surface area contributed by atoms with Crippen LogP contribution in [0.25, 0.3) is 0 Å². The highest BCUT2D eigenvalue weighted by molar-refractivity contribution is 7.87. The van der Waals surface area contributed by atoms with E-state index in [0.717, 1.165) is 5.56 Å². The summed E-state index contributed by atoms with van der Waals surface area (Å²) in [5.74, 6) is 0.151. The number of hydrogen-bond donors (Lipinski definition) is 1. The van der Waals surface area contributed by atoms with Gasteiger partial charge in [0, 0.05) is 12.5 Å². The maximum atomic E-state index is 12.5. The van der Waals surface area contributed by atoms with Crippen molar-refractivity contribution in [2.45, 2.75) is 37.7 Å². The number of benzene rings is 2. The lowest BCUT2D eigenvalue weighted by molar-refractivity contribution is -0.0292. The van der Waals surface area contributed by atoms with Crippen molar-refractivity contribution in [2.75, 3.05) is 20.6 Å². The van der Waals surface area contributed by atoms with Crippen molar-refractivity contribution in [1.82, 2.24) is 4.90 Å². The number of halogens is 1. The van der Waals surface area contributed by atoms with Gasteiger partial charge in [-0.2, -0.15) is 8.42 Å². The summed E-state index contributed by atoms with van der Waals surface area (Å²) in [6.45, 7) is 6.50. The molecular formula is C21H30ClNO4S. The molecule has 0 radical (unpaired) electrons. The first kappa shape index (κ1) is 24.4. The van der Waals surface area contributed by atoms with Crippen LogP contribution in [0.3, 0.4) is 0 Å². The third kappa shape index (κ3) is 5.70. The van der Waals surface area contributed by atoms with Crippen LogP contribution in [0.1, 0.15) is 31.4 Å². The molecule has 1 N–H and O–H groups in total. The summed E-state index contributed by atoms with van der Waals surface area (Å²) in [5.41, 5.74) is 0.548. The molecule has 0 bridgehead atoms. The molecule has 0 amide bonds. The Morgan fingerprint density at radius 3 is 2.29 bits per heavy atom. The molecule has 0 aliphatic rings. The molecule has 2 unspecified atom stereocenters. The van der Waals surface area contributed by atoms with Gasteiger partial charge in [-0.1, -0.05) is 43.7 Å². The van der Waals surface area contributed by atoms with Crippen LogP contribution in [0.2, 0.25) is 0 Å². The summed E-state index contributed by atoms with van der Waals surface area (Å²) in [7, 11) is -0.0110. The van der Waals surface area contributed by atoms with Crippen molar-refractivity contribution in [3.63, 3.8) is 0 Å². The van der Waals surface area contributed by atoms with Crippen molar-refractivity contribution < 1.29 is 17.7 Å². The first-order valence-electron chi connectivity index (χ1n) is 9.07. The van der Waals surface area contributed by atoms with E-state index in [1.807, 2.05) is 39.8 Å². The van der Waals surface area contributed by atoms with Gasteiger partial charge in [-0.3, -0.25) is 0 Å². The normalized spacial score (nSPS) is 14.8. The number of aliphatic hydroxyl groups is 1. The first-order chi connectivity index (χ1) is 12.6. The Hall–Kier alpha value is -1.60. The van der Waals surface area contributed by atoms with Gasteiger partial charge in [0.2, 0.25) is 0 Å². The molecule has 0 fully saturated rings. The minimum Gasteiger partial charge on any atom is -0.385 e. The Balaban J connectivity index is 0.00000392. The highest BCUT2D eigenvalue weighted by atomic mass is 35.5. The first-order valence-corrected chi connectivity index (χ1v) is 10.5. The largest absolute Gasteiger partial charge is 0.385 e. The molecule has 156 valence electrons. The third-order valence-corrected chi connectivity index (χ3v) is 6.10. The van der Waals surface area contributed by atoms with Gasteiger partial charge in [-0.05, 0) is 57.3 Å². The Morgan fingerprint density at radius 1 is 1.14 bits per heavy atom. The van der Waals surface area contributed by atoms with E-state index in [1.165, 1.54) is 12.1 Å². The van der Waals surface area contributed by atoms with Crippen molar-refractivity contribution in [3.05, 3.63) is 59.7 Å². The zero-order chi connectivity index (χ0) is 20.2. The minimum absolute atomic E-state index is 0. The van der Waals surface area contributed by atoms with E-state index in [2.05, 4.69) is 0 Å². The van der Waals surface area contributed by atoms with Crippen LogP contribution in [-0.2, 0) is 15.7 Å². The smallest absolute Gasteiger partial charge is 0.339 e. The van der Waals surface area contributed by atoms with Crippen molar-refractivity contribution in [3.8, 4) is 5.75 Å². The average Bonchev–Trinajstić information content (AvgIpc) is 2.60. The fourth-order valence-corrected chi connectivity index (χ4v) is 4.16. The Bertz CT molecular complexity index is 868. The van der Waals surface area contributed by atoms with Gasteiger partial charge in [0.1, 0.15) is 10.6 Å². The maximum absolute atomic E-state index is 12.5. The quantitative estimate of drug-likeness (QED) is 0.645. The number of aryl methyl sites for hydroxylation is 1. The molecule has 0 spiro atoms. The van der Waals surface area contributed by atoms with Crippen molar-refractivity contribution >= 4 is 22.5 Å². The molecule has 7 heteroatoms. The van der Waals surface area contributed by atoms with Gasteiger partial charge in [0.25, 0.3) is 0 Å². The van der Waals surface area contributed by atoms with Gasteiger partial charge in [-0.25, -0.2) is 0 Å². The van der Waals surface area contributed by atoms with Crippen LogP contribution >= 0.6 is 12.4 Å². The van der Waals surface area contributed by atoms with E-state index >= 15 is 0 Å². The number of rotatable bonds is 8. The zero-order valence-electron chi connectivity index (χ0n) is 17.0. The highest BCUT2D eigenvalue weighted by Crippen LogP contribution is 2.35. The molecule has 0 aliphatic carbocycles. The summed E-state index contributed by atoms with van der Waals surface area (Å²) in [4.78, 5) is 2.12. The third-order valence-electron chi connectivity index (χ3n) is 4.84. The van der Waals surface area contributed by atoms with Crippen LogP contribution in [0.15, 0.2) is 53.4 Å². The average molecular weight is 428 g/mol. The van der Waals surface area contributed by atoms with Crippen LogP contribution in [-0.4, -0.2) is 39.1 Å². The molecular weight excluding hydrogens is 398 g/mol. The minimum atomic E-state index is -3.93. The Morgan fingerprint density at radius 2 is 1.75 bits per heavy atom. The molecule has 2 rings (SSSR count). The molecule has 28 heavy (non-hydrogen) atoms. The molecule has 2 aromatic rings. The monoisotopic (exact) mass is 427 g/mol. The molecule has 0 saturated carbocycles. The van der Waals surface area contributed by atoms with E-state index in [1.54, 1.807) is 36.4 Å². The van der Waals surface area contributed by atoms with E-state index in [0.29, 0.717) is 18.5 Å². The lowest BCUT2D eigenvalue weighted by Gasteiger charge is -2.35. The van der Waals surface area contributed by atoms with Gasteiger partial charge in [0.15, 0.2) is 0 Å². The molecule has 0 aromatic heterocycles. The molecule has 0 saturated heterocycles. The van der Waals surface area contributed by atoms with Crippen LogP contribution in [0.4, 0.5) is 0 Å². The molecule has 0 aliphatic heterocycles. The Kier molecular flexibility index (Phi) is 8.50. The van der Waals surface area contributed by atoms with Crippen molar-refractivity contribution in [2.24, 2.45) is 5.92 Å². The maximum Gasteiger partial charge on any atom is 0.339 e. The predicted molar refractivity (Wildman–Crippen MR) is 115 cm³/mol. The second kappa shape index (κ2) is 9.74. The van der Waals surface area contributed by atoms with Gasteiger partial charge in [0.05, 0.1) is 5.60 Å². The second-order valence-electron chi connectivity index (χ2n) is 7.32. The van der Waals surface area contributed by atoms with Crippen LogP contribution < -0.4 is 4.18 Å².